The van der Waals surface area contributed by atoms with E-state index >= 15 is 0 Å². The number of nitrogens with zero attached hydrogens (tertiary/aromatic N) is 2. The van der Waals surface area contributed by atoms with Crippen molar-refractivity contribution in [3.05, 3.63) is 137 Å². The van der Waals surface area contributed by atoms with Crippen LogP contribution in [0.25, 0.3) is 0 Å². The number of fused-ring (bicyclic) bond motifs is 1. The quantitative estimate of drug-likeness (QED) is 0.261. The number of nitrogens with one attached hydrogen (secondary N) is 1. The zero-order valence-electron chi connectivity index (χ0n) is 23.9. The van der Waals surface area contributed by atoms with Crippen molar-refractivity contribution in [3.8, 4) is 0 Å². The topological polar surface area (TPSA) is 52.7 Å². The normalized spacial score (nSPS) is 18.1. The Labute approximate surface area is 246 Å². The molecule has 212 valence electrons. The summed E-state index contributed by atoms with van der Waals surface area (Å²) < 4.78 is 14.1. The van der Waals surface area contributed by atoms with Crippen LogP contribution in [0.2, 0.25) is 0 Å². The van der Waals surface area contributed by atoms with E-state index in [0.29, 0.717) is 35.2 Å². The predicted molar refractivity (Wildman–Crippen MR) is 166 cm³/mol. The number of ketones is 1. The van der Waals surface area contributed by atoms with Gasteiger partial charge in [-0.25, -0.2) is 4.39 Å². The minimum Gasteiger partial charge on any atom is -0.372 e. The van der Waals surface area contributed by atoms with Crippen molar-refractivity contribution in [2.75, 3.05) is 28.2 Å². The number of para-hydroxylation sites is 2. The second-order valence-electron chi connectivity index (χ2n) is 10.8. The smallest absolute Gasteiger partial charge is 0.259 e. The monoisotopic (exact) mass is 559 g/mol. The Kier molecular flexibility index (Phi) is 7.62. The second kappa shape index (κ2) is 11.6. The van der Waals surface area contributed by atoms with Crippen molar-refractivity contribution in [2.45, 2.75) is 38.6 Å². The van der Waals surface area contributed by atoms with E-state index in [2.05, 4.69) is 48.3 Å². The molecular formula is C36H34FN3O2. The van der Waals surface area contributed by atoms with Gasteiger partial charge < -0.3 is 10.2 Å². The molecule has 1 aliphatic carbocycles. The Bertz CT molecular complexity index is 1630. The zero-order valence-corrected chi connectivity index (χ0v) is 23.9. The first kappa shape index (κ1) is 27.5. The van der Waals surface area contributed by atoms with Crippen molar-refractivity contribution in [1.82, 2.24) is 0 Å². The maximum absolute atomic E-state index is 14.3. The molecule has 1 amide bonds. The van der Waals surface area contributed by atoms with Gasteiger partial charge in [-0.3, -0.25) is 14.5 Å². The fraction of sp³-hybridized carbons (Fsp3) is 0.222. The maximum Gasteiger partial charge on any atom is 0.259 e. The summed E-state index contributed by atoms with van der Waals surface area (Å²) in [6.45, 7) is 6.15. The fourth-order valence-electron chi connectivity index (χ4n) is 6.28. The van der Waals surface area contributed by atoms with Crippen LogP contribution >= 0.6 is 0 Å². The average molecular weight is 560 g/mol. The van der Waals surface area contributed by atoms with Gasteiger partial charge in [-0.1, -0.05) is 54.6 Å². The first-order valence-electron chi connectivity index (χ1n) is 14.6. The Morgan fingerprint density at radius 1 is 0.833 bits per heavy atom. The lowest BCUT2D eigenvalue weighted by molar-refractivity contribution is -0.116. The molecule has 0 saturated carbocycles. The number of hydrogen-bond acceptors (Lipinski definition) is 4. The maximum atomic E-state index is 14.3. The molecule has 0 spiro atoms. The molecule has 0 radical (unpaired) electrons. The van der Waals surface area contributed by atoms with E-state index in [1.54, 1.807) is 29.2 Å². The molecule has 1 aliphatic heterocycles. The number of carbonyl (C=O) groups is 2. The summed E-state index contributed by atoms with van der Waals surface area (Å²) in [5, 5.41) is 3.57. The molecule has 4 aromatic rings. The van der Waals surface area contributed by atoms with E-state index in [4.69, 9.17) is 0 Å². The van der Waals surface area contributed by atoms with Gasteiger partial charge in [0.2, 0.25) is 0 Å². The number of amides is 1. The molecule has 5 nitrogen and oxygen atoms in total. The number of allylic oxidation sites excluding steroid dienone is 1. The van der Waals surface area contributed by atoms with Crippen LogP contribution in [0.3, 0.4) is 0 Å². The highest BCUT2D eigenvalue weighted by Gasteiger charge is 2.41. The predicted octanol–water partition coefficient (Wildman–Crippen LogP) is 7.89. The molecule has 2 aliphatic rings. The lowest BCUT2D eigenvalue weighted by atomic mass is 9.78. The molecule has 6 rings (SSSR count). The van der Waals surface area contributed by atoms with Crippen LogP contribution in [-0.2, 0) is 4.79 Å². The number of benzene rings is 4. The molecule has 0 unspecified atom stereocenters. The van der Waals surface area contributed by atoms with Crippen LogP contribution in [0.1, 0.15) is 60.1 Å². The van der Waals surface area contributed by atoms with Crippen LogP contribution in [0.5, 0.6) is 0 Å². The van der Waals surface area contributed by atoms with Crippen LogP contribution < -0.4 is 15.1 Å². The molecule has 2 atom stereocenters. The largest absolute Gasteiger partial charge is 0.372 e. The Hall–Kier alpha value is -4.71. The first-order valence-corrected chi connectivity index (χ1v) is 14.6. The molecule has 4 aromatic carbocycles. The standard InChI is InChI=1S/C36H34FN3O2/c1-3-39(4-2)29-20-16-24(17-21-29)27-22-31-34(33(41)23-27)35(25-14-18-28(37)19-15-25)40(32-13-9-8-12-30(32)38-31)36(42)26-10-6-5-7-11-26/h5-21,27,35,38H,3-4,22-23H2,1-2H3/t27-,35-/m1/s1. The summed E-state index contributed by atoms with van der Waals surface area (Å²) in [6, 6.07) is 30.7. The van der Waals surface area contributed by atoms with Gasteiger partial charge in [-0.15, -0.1) is 0 Å². The number of hydrogen-bond donors (Lipinski definition) is 1. The van der Waals surface area contributed by atoms with Crippen LogP contribution in [0, 0.1) is 5.82 Å². The first-order chi connectivity index (χ1) is 20.5. The summed E-state index contributed by atoms with van der Waals surface area (Å²) in [7, 11) is 0. The molecule has 0 bridgehead atoms. The third-order valence-corrected chi connectivity index (χ3v) is 8.41. The van der Waals surface area contributed by atoms with Crippen molar-refractivity contribution < 1.29 is 14.0 Å². The zero-order chi connectivity index (χ0) is 29.2. The fourth-order valence-corrected chi connectivity index (χ4v) is 6.28. The molecular weight excluding hydrogens is 525 g/mol. The van der Waals surface area contributed by atoms with Crippen LogP contribution in [0.15, 0.2) is 114 Å². The molecule has 0 saturated heterocycles. The number of halogens is 1. The van der Waals surface area contributed by atoms with Crippen molar-refractivity contribution >= 4 is 28.8 Å². The van der Waals surface area contributed by atoms with Crippen molar-refractivity contribution in [2.24, 2.45) is 0 Å². The SMILES string of the molecule is CCN(CC)c1ccc([C@H]2CC(=O)C3=C(C2)Nc2ccccc2N(C(=O)c2ccccc2)[C@@H]3c2ccc(F)cc2)cc1. The average Bonchev–Trinajstić information content (AvgIpc) is 3.17. The van der Waals surface area contributed by atoms with Gasteiger partial charge in [-0.05, 0) is 85.8 Å². The minimum absolute atomic E-state index is 0.00749. The summed E-state index contributed by atoms with van der Waals surface area (Å²) in [5.74, 6) is -0.625. The van der Waals surface area contributed by atoms with Gasteiger partial charge in [0.05, 0.1) is 17.4 Å². The molecule has 1 heterocycles. The number of carbonyl (C=O) groups excluding carboxylic acids is 2. The number of Topliss-reactive ketones (excluding diaryl/α,β-unsaturated/α-hetero) is 1. The van der Waals surface area contributed by atoms with Crippen LogP contribution in [-0.4, -0.2) is 24.8 Å². The lowest BCUT2D eigenvalue weighted by Gasteiger charge is -2.35. The lowest BCUT2D eigenvalue weighted by Crippen LogP contribution is -2.38. The Balaban J connectivity index is 1.48. The van der Waals surface area contributed by atoms with E-state index in [-0.39, 0.29) is 23.4 Å². The summed E-state index contributed by atoms with van der Waals surface area (Å²) in [6.07, 6.45) is 0.942. The molecule has 0 fully saturated rings. The highest BCUT2D eigenvalue weighted by molar-refractivity contribution is 6.12. The Morgan fingerprint density at radius 2 is 1.48 bits per heavy atom. The van der Waals surface area contributed by atoms with Gasteiger partial charge >= 0.3 is 0 Å². The highest BCUT2D eigenvalue weighted by Crippen LogP contribution is 2.48. The van der Waals surface area contributed by atoms with E-state index < -0.39 is 6.04 Å². The van der Waals surface area contributed by atoms with Crippen molar-refractivity contribution in [1.29, 1.82) is 0 Å². The molecule has 42 heavy (non-hydrogen) atoms. The highest BCUT2D eigenvalue weighted by atomic mass is 19.1. The second-order valence-corrected chi connectivity index (χ2v) is 10.8. The van der Waals surface area contributed by atoms with Gasteiger partial charge in [0.1, 0.15) is 5.82 Å². The van der Waals surface area contributed by atoms with E-state index in [0.717, 1.165) is 30.0 Å². The van der Waals surface area contributed by atoms with Gasteiger partial charge in [0.15, 0.2) is 5.78 Å². The van der Waals surface area contributed by atoms with Gasteiger partial charge in [0.25, 0.3) is 5.91 Å². The van der Waals surface area contributed by atoms with Crippen molar-refractivity contribution in [3.63, 3.8) is 0 Å². The van der Waals surface area contributed by atoms with Gasteiger partial charge in [-0.2, -0.15) is 0 Å². The van der Waals surface area contributed by atoms with Gasteiger partial charge in [0, 0.05) is 42.0 Å². The third-order valence-electron chi connectivity index (χ3n) is 8.41. The number of rotatable bonds is 6. The molecule has 6 heteroatoms. The van der Waals surface area contributed by atoms with E-state index in [1.165, 1.54) is 17.8 Å². The molecule has 1 N–H and O–H groups in total. The summed E-state index contributed by atoms with van der Waals surface area (Å²) in [4.78, 5) is 32.5. The number of anilines is 3. The third kappa shape index (κ3) is 5.09. The molecule has 0 aromatic heterocycles. The van der Waals surface area contributed by atoms with E-state index in [9.17, 15) is 14.0 Å². The summed E-state index contributed by atoms with van der Waals surface area (Å²) >= 11 is 0. The minimum atomic E-state index is -0.719. The van der Waals surface area contributed by atoms with E-state index in [1.807, 2.05) is 42.5 Å². The summed E-state index contributed by atoms with van der Waals surface area (Å²) in [5.41, 5.74) is 6.25. The Morgan fingerprint density at radius 3 is 2.17 bits per heavy atom. The van der Waals surface area contributed by atoms with Crippen LogP contribution in [0.4, 0.5) is 21.5 Å².